The zero-order valence-electron chi connectivity index (χ0n) is 10.4. The predicted octanol–water partition coefficient (Wildman–Crippen LogP) is 4.86. The molecule has 0 aromatic heterocycles. The minimum atomic E-state index is 0. The summed E-state index contributed by atoms with van der Waals surface area (Å²) in [6.45, 7) is 1.87. The second kappa shape index (κ2) is 8.60. The van der Waals surface area contributed by atoms with Crippen LogP contribution < -0.4 is 5.32 Å². The summed E-state index contributed by atoms with van der Waals surface area (Å²) in [5.41, 5.74) is 2.61. The van der Waals surface area contributed by atoms with Crippen LogP contribution >= 0.6 is 39.9 Å². The molecule has 0 saturated heterocycles. The van der Waals surface area contributed by atoms with Gasteiger partial charge in [0.25, 0.3) is 0 Å². The molecule has 0 spiro atoms. The van der Waals surface area contributed by atoms with Crippen molar-refractivity contribution in [2.75, 3.05) is 6.54 Å². The van der Waals surface area contributed by atoms with Crippen LogP contribution in [0.3, 0.4) is 0 Å². The summed E-state index contributed by atoms with van der Waals surface area (Å²) >= 11 is 9.28. The minimum absolute atomic E-state index is 0. The molecule has 4 heteroatoms. The van der Waals surface area contributed by atoms with Crippen molar-refractivity contribution in [3.63, 3.8) is 0 Å². The van der Waals surface area contributed by atoms with Crippen molar-refractivity contribution in [3.8, 4) is 0 Å². The molecular formula is C15H16BrCl2N. The van der Waals surface area contributed by atoms with Gasteiger partial charge in [-0.25, -0.2) is 0 Å². The largest absolute Gasteiger partial charge is 0.312 e. The maximum absolute atomic E-state index is 5.85. The molecule has 1 nitrogen and oxygen atoms in total. The van der Waals surface area contributed by atoms with Crippen LogP contribution in [-0.4, -0.2) is 6.54 Å². The van der Waals surface area contributed by atoms with E-state index in [0.717, 1.165) is 29.0 Å². The van der Waals surface area contributed by atoms with Crippen LogP contribution in [-0.2, 0) is 13.0 Å². The maximum Gasteiger partial charge on any atom is 0.0406 e. The second-order valence-corrected chi connectivity index (χ2v) is 5.53. The molecule has 0 saturated carbocycles. The Morgan fingerprint density at radius 2 is 1.47 bits per heavy atom. The Bertz CT molecular complexity index is 435. The van der Waals surface area contributed by atoms with E-state index in [-0.39, 0.29) is 12.4 Å². The lowest BCUT2D eigenvalue weighted by Gasteiger charge is -2.05. The van der Waals surface area contributed by atoms with Crippen LogP contribution in [0.4, 0.5) is 0 Å². The van der Waals surface area contributed by atoms with Crippen molar-refractivity contribution in [2.45, 2.75) is 13.0 Å². The lowest BCUT2D eigenvalue weighted by molar-refractivity contribution is 0.687. The van der Waals surface area contributed by atoms with Gasteiger partial charge in [0.2, 0.25) is 0 Å². The van der Waals surface area contributed by atoms with Crippen LogP contribution in [0.5, 0.6) is 0 Å². The molecule has 0 unspecified atom stereocenters. The summed E-state index contributed by atoms with van der Waals surface area (Å²) in [4.78, 5) is 0. The number of halogens is 3. The van der Waals surface area contributed by atoms with Gasteiger partial charge in [0, 0.05) is 16.0 Å². The monoisotopic (exact) mass is 359 g/mol. The van der Waals surface area contributed by atoms with Gasteiger partial charge in [-0.3, -0.25) is 0 Å². The zero-order chi connectivity index (χ0) is 12.8. The Kier molecular flexibility index (Phi) is 7.47. The number of rotatable bonds is 5. The summed E-state index contributed by atoms with van der Waals surface area (Å²) in [6.07, 6.45) is 1.02. The first-order valence-corrected chi connectivity index (χ1v) is 7.11. The van der Waals surface area contributed by atoms with Crippen LogP contribution in [0.2, 0.25) is 5.02 Å². The van der Waals surface area contributed by atoms with Gasteiger partial charge >= 0.3 is 0 Å². The summed E-state index contributed by atoms with van der Waals surface area (Å²) in [6, 6.07) is 16.4. The van der Waals surface area contributed by atoms with E-state index in [4.69, 9.17) is 11.6 Å². The number of benzene rings is 2. The van der Waals surface area contributed by atoms with Crippen LogP contribution in [0.15, 0.2) is 53.0 Å². The topological polar surface area (TPSA) is 12.0 Å². The highest BCUT2D eigenvalue weighted by atomic mass is 79.9. The molecule has 0 aliphatic heterocycles. The third-order valence-electron chi connectivity index (χ3n) is 2.75. The zero-order valence-corrected chi connectivity index (χ0v) is 13.6. The highest BCUT2D eigenvalue weighted by Crippen LogP contribution is 2.11. The first-order valence-electron chi connectivity index (χ1n) is 5.93. The molecule has 2 rings (SSSR count). The van der Waals surface area contributed by atoms with E-state index < -0.39 is 0 Å². The van der Waals surface area contributed by atoms with Crippen LogP contribution in [0, 0.1) is 0 Å². The Morgan fingerprint density at radius 1 is 0.895 bits per heavy atom. The summed E-state index contributed by atoms with van der Waals surface area (Å²) in [5, 5.41) is 4.23. The lowest BCUT2D eigenvalue weighted by atomic mass is 10.1. The first-order chi connectivity index (χ1) is 8.74. The van der Waals surface area contributed by atoms with Gasteiger partial charge in [-0.15, -0.1) is 12.4 Å². The van der Waals surface area contributed by atoms with E-state index in [1.807, 2.05) is 12.1 Å². The Hall–Kier alpha value is -0.540. The lowest BCUT2D eigenvalue weighted by Crippen LogP contribution is -2.16. The molecule has 1 N–H and O–H groups in total. The van der Waals surface area contributed by atoms with Crippen molar-refractivity contribution in [1.82, 2.24) is 5.32 Å². The molecule has 0 atom stereocenters. The fourth-order valence-electron chi connectivity index (χ4n) is 1.72. The molecule has 2 aromatic carbocycles. The average molecular weight is 361 g/mol. The van der Waals surface area contributed by atoms with E-state index in [9.17, 15) is 0 Å². The Morgan fingerprint density at radius 3 is 2.11 bits per heavy atom. The van der Waals surface area contributed by atoms with Gasteiger partial charge in [-0.05, 0) is 48.4 Å². The molecule has 2 aromatic rings. The SMILES string of the molecule is Cl.Clc1ccc(CCNCc2ccc(Br)cc2)cc1. The smallest absolute Gasteiger partial charge is 0.0406 e. The summed E-state index contributed by atoms with van der Waals surface area (Å²) in [7, 11) is 0. The third-order valence-corrected chi connectivity index (χ3v) is 3.53. The molecule has 0 bridgehead atoms. The predicted molar refractivity (Wildman–Crippen MR) is 88.3 cm³/mol. The highest BCUT2D eigenvalue weighted by molar-refractivity contribution is 9.10. The second-order valence-electron chi connectivity index (χ2n) is 4.18. The van der Waals surface area contributed by atoms with Crippen molar-refractivity contribution >= 4 is 39.9 Å². The van der Waals surface area contributed by atoms with Gasteiger partial charge in [0.05, 0.1) is 0 Å². The normalized spacial score (nSPS) is 10.0. The Labute approximate surface area is 133 Å². The summed E-state index contributed by atoms with van der Waals surface area (Å²) < 4.78 is 1.12. The third kappa shape index (κ3) is 5.96. The molecule has 0 heterocycles. The van der Waals surface area contributed by atoms with E-state index >= 15 is 0 Å². The van der Waals surface area contributed by atoms with Crippen LogP contribution in [0.1, 0.15) is 11.1 Å². The standard InChI is InChI=1S/C15H15BrClN.ClH/c16-14-5-1-13(2-6-14)11-18-10-9-12-3-7-15(17)8-4-12;/h1-8,18H,9-11H2;1H. The Balaban J connectivity index is 0.00000180. The molecule has 0 fully saturated rings. The van der Waals surface area contributed by atoms with Gasteiger partial charge in [0.1, 0.15) is 0 Å². The molecule has 19 heavy (non-hydrogen) atoms. The fourth-order valence-corrected chi connectivity index (χ4v) is 2.11. The van der Waals surface area contributed by atoms with Gasteiger partial charge in [0.15, 0.2) is 0 Å². The fraction of sp³-hybridized carbons (Fsp3) is 0.200. The van der Waals surface area contributed by atoms with Crippen molar-refractivity contribution in [3.05, 3.63) is 69.2 Å². The van der Waals surface area contributed by atoms with E-state index in [2.05, 4.69) is 57.6 Å². The van der Waals surface area contributed by atoms with Gasteiger partial charge in [-0.1, -0.05) is 51.8 Å². The van der Waals surface area contributed by atoms with Gasteiger partial charge in [-0.2, -0.15) is 0 Å². The number of hydrogen-bond donors (Lipinski definition) is 1. The summed E-state index contributed by atoms with van der Waals surface area (Å²) in [5.74, 6) is 0. The quantitative estimate of drug-likeness (QED) is 0.751. The molecule has 0 amide bonds. The van der Waals surface area contributed by atoms with Crippen molar-refractivity contribution in [1.29, 1.82) is 0 Å². The van der Waals surface area contributed by atoms with Crippen molar-refractivity contribution in [2.24, 2.45) is 0 Å². The molecular weight excluding hydrogens is 345 g/mol. The number of hydrogen-bond acceptors (Lipinski definition) is 1. The molecule has 0 aliphatic carbocycles. The first kappa shape index (κ1) is 16.5. The molecule has 0 aliphatic rings. The van der Waals surface area contributed by atoms with E-state index in [0.29, 0.717) is 0 Å². The van der Waals surface area contributed by atoms with E-state index in [1.165, 1.54) is 11.1 Å². The van der Waals surface area contributed by atoms with E-state index in [1.54, 1.807) is 0 Å². The highest BCUT2D eigenvalue weighted by Gasteiger charge is 1.95. The van der Waals surface area contributed by atoms with Crippen molar-refractivity contribution < 1.29 is 0 Å². The van der Waals surface area contributed by atoms with Crippen LogP contribution in [0.25, 0.3) is 0 Å². The number of nitrogens with one attached hydrogen (secondary N) is 1. The maximum atomic E-state index is 5.85. The average Bonchev–Trinajstić information content (AvgIpc) is 2.39. The molecule has 0 radical (unpaired) electrons. The minimum Gasteiger partial charge on any atom is -0.312 e. The molecule has 102 valence electrons. The van der Waals surface area contributed by atoms with Gasteiger partial charge < -0.3 is 5.32 Å².